The Morgan fingerprint density at radius 2 is 1.83 bits per heavy atom. The van der Waals surface area contributed by atoms with Crippen molar-refractivity contribution in [1.82, 2.24) is 10.2 Å². The monoisotopic (exact) mass is 337 g/mol. The second-order valence-electron chi connectivity index (χ2n) is 8.86. The summed E-state index contributed by atoms with van der Waals surface area (Å²) in [5.74, 6) is 1.13. The smallest absolute Gasteiger partial charge is 0.0596 e. The first-order valence-corrected chi connectivity index (χ1v) is 10.3. The molecule has 132 valence electrons. The van der Waals surface area contributed by atoms with Crippen LogP contribution in [0.15, 0.2) is 12.3 Å². The summed E-state index contributed by atoms with van der Waals surface area (Å²) in [5.41, 5.74) is 8.14. The number of thioether (sulfide) groups is 1. The van der Waals surface area contributed by atoms with Gasteiger partial charge in [0.1, 0.15) is 0 Å². The summed E-state index contributed by atoms with van der Waals surface area (Å²) in [6, 6.07) is 1.35. The maximum absolute atomic E-state index is 6.51. The Morgan fingerprint density at radius 3 is 2.43 bits per heavy atom. The fourth-order valence-corrected chi connectivity index (χ4v) is 7.10. The molecule has 23 heavy (non-hydrogen) atoms. The number of nitrogens with zero attached hydrogens (tertiary/aromatic N) is 1. The Morgan fingerprint density at radius 1 is 1.17 bits per heavy atom. The molecule has 3 N–H and O–H groups in total. The Bertz CT molecular complexity index is 440. The van der Waals surface area contributed by atoms with E-state index < -0.39 is 0 Å². The van der Waals surface area contributed by atoms with Crippen molar-refractivity contribution in [3.8, 4) is 0 Å². The largest absolute Gasteiger partial charge is 0.386 e. The molecule has 2 saturated carbocycles. The summed E-state index contributed by atoms with van der Waals surface area (Å²) in [4.78, 5) is 2.38. The highest BCUT2D eigenvalue weighted by molar-refractivity contribution is 8.00. The highest BCUT2D eigenvalue weighted by Crippen LogP contribution is 2.59. The zero-order chi connectivity index (χ0) is 16.8. The van der Waals surface area contributed by atoms with E-state index in [4.69, 9.17) is 5.73 Å². The van der Waals surface area contributed by atoms with Gasteiger partial charge >= 0.3 is 0 Å². The molecule has 1 aliphatic heterocycles. The zero-order valence-electron chi connectivity index (χ0n) is 15.3. The first-order valence-electron chi connectivity index (χ1n) is 9.32. The van der Waals surface area contributed by atoms with Gasteiger partial charge in [-0.3, -0.25) is 0 Å². The first kappa shape index (κ1) is 17.6. The van der Waals surface area contributed by atoms with Crippen molar-refractivity contribution in [2.24, 2.45) is 23.0 Å². The molecule has 4 heteroatoms. The van der Waals surface area contributed by atoms with Gasteiger partial charge in [-0.25, -0.2) is 0 Å². The second-order valence-corrected chi connectivity index (χ2v) is 10.3. The molecule has 0 radical (unpaired) electrons. The van der Waals surface area contributed by atoms with Crippen LogP contribution in [0.25, 0.3) is 0 Å². The summed E-state index contributed by atoms with van der Waals surface area (Å²) in [6.07, 6.45) is 7.76. The molecule has 0 aromatic heterocycles. The number of hydrogen-bond acceptors (Lipinski definition) is 4. The number of hydrogen-bond donors (Lipinski definition) is 2. The van der Waals surface area contributed by atoms with E-state index in [0.717, 1.165) is 11.3 Å². The summed E-state index contributed by atoms with van der Waals surface area (Å²) < 4.78 is 0. The van der Waals surface area contributed by atoms with E-state index in [1.54, 1.807) is 0 Å². The quantitative estimate of drug-likeness (QED) is 0.825. The lowest BCUT2D eigenvalue weighted by molar-refractivity contribution is 0.188. The third-order valence-corrected chi connectivity index (χ3v) is 8.15. The van der Waals surface area contributed by atoms with Gasteiger partial charge in [0, 0.05) is 28.9 Å². The minimum Gasteiger partial charge on any atom is -0.386 e. The van der Waals surface area contributed by atoms with E-state index >= 15 is 0 Å². The van der Waals surface area contributed by atoms with Crippen LogP contribution in [0.4, 0.5) is 0 Å². The number of rotatable bonds is 4. The van der Waals surface area contributed by atoms with Crippen LogP contribution in [-0.4, -0.2) is 41.7 Å². The molecule has 2 aliphatic carbocycles. The molecule has 1 heterocycles. The highest BCUT2D eigenvalue weighted by Gasteiger charge is 2.54. The molecular weight excluding hydrogens is 302 g/mol. The van der Waals surface area contributed by atoms with Gasteiger partial charge in [-0.2, -0.15) is 0 Å². The van der Waals surface area contributed by atoms with Crippen LogP contribution < -0.4 is 11.1 Å². The van der Waals surface area contributed by atoms with Crippen molar-refractivity contribution >= 4 is 11.8 Å². The molecular formula is C19H35N3S. The van der Waals surface area contributed by atoms with E-state index in [0.29, 0.717) is 23.3 Å². The van der Waals surface area contributed by atoms with Gasteiger partial charge in [-0.15, -0.1) is 11.8 Å². The van der Waals surface area contributed by atoms with Gasteiger partial charge in [0.2, 0.25) is 0 Å². The highest BCUT2D eigenvalue weighted by atomic mass is 32.2. The summed E-state index contributed by atoms with van der Waals surface area (Å²) in [7, 11) is 4.41. The third-order valence-electron chi connectivity index (χ3n) is 6.67. The van der Waals surface area contributed by atoms with Crippen LogP contribution >= 0.6 is 11.8 Å². The predicted molar refractivity (Wildman–Crippen MR) is 101 cm³/mol. The maximum Gasteiger partial charge on any atom is 0.0596 e. The van der Waals surface area contributed by atoms with Crippen LogP contribution in [0.3, 0.4) is 0 Å². The topological polar surface area (TPSA) is 41.3 Å². The number of nitrogens with one attached hydrogen (secondary N) is 1. The Labute approximate surface area is 146 Å². The fraction of sp³-hybridized carbons (Fsp3) is 0.895. The molecule has 3 nitrogen and oxygen atoms in total. The number of nitrogens with two attached hydrogens (primary N) is 1. The molecule has 0 spiro atoms. The second kappa shape index (κ2) is 6.61. The van der Waals surface area contributed by atoms with Crippen molar-refractivity contribution in [2.45, 2.75) is 75.1 Å². The molecule has 1 saturated heterocycles. The Balaban J connectivity index is 1.60. The van der Waals surface area contributed by atoms with Gasteiger partial charge in [0.15, 0.2) is 0 Å². The van der Waals surface area contributed by atoms with Gasteiger partial charge in [-0.05, 0) is 64.0 Å². The van der Waals surface area contributed by atoms with Crippen LogP contribution in [0.5, 0.6) is 0 Å². The third kappa shape index (κ3) is 3.45. The minimum atomic E-state index is 0.225. The summed E-state index contributed by atoms with van der Waals surface area (Å²) in [6.45, 7) is 9.31. The average molecular weight is 338 g/mol. The van der Waals surface area contributed by atoms with Crippen molar-refractivity contribution in [2.75, 3.05) is 14.1 Å². The lowest BCUT2D eigenvalue weighted by Gasteiger charge is -2.38. The van der Waals surface area contributed by atoms with Crippen LogP contribution in [0.1, 0.15) is 52.4 Å². The first-order chi connectivity index (χ1) is 10.8. The van der Waals surface area contributed by atoms with E-state index in [2.05, 4.69) is 44.7 Å². The molecule has 4 unspecified atom stereocenters. The van der Waals surface area contributed by atoms with E-state index in [9.17, 15) is 0 Å². The SMILES string of the molecule is C=C(NC1CCC(N(C)C)CC1)C1C(N)SC2CCC(C)(C)C21. The Hall–Kier alpha value is -0.190. The minimum absolute atomic E-state index is 0.225. The molecule has 0 amide bonds. The van der Waals surface area contributed by atoms with Crippen LogP contribution in [0.2, 0.25) is 0 Å². The Kier molecular flexibility index (Phi) is 5.06. The lowest BCUT2D eigenvalue weighted by atomic mass is 9.73. The predicted octanol–water partition coefficient (Wildman–Crippen LogP) is 3.42. The van der Waals surface area contributed by atoms with Crippen molar-refractivity contribution in [3.05, 3.63) is 12.3 Å². The summed E-state index contributed by atoms with van der Waals surface area (Å²) in [5, 5.41) is 4.76. The lowest BCUT2D eigenvalue weighted by Crippen LogP contribution is -2.43. The number of fused-ring (bicyclic) bond motifs is 1. The molecule has 0 aromatic rings. The van der Waals surface area contributed by atoms with Gasteiger partial charge < -0.3 is 16.0 Å². The van der Waals surface area contributed by atoms with E-state index in [1.807, 2.05) is 11.8 Å². The summed E-state index contributed by atoms with van der Waals surface area (Å²) >= 11 is 2.01. The zero-order valence-corrected chi connectivity index (χ0v) is 16.2. The maximum atomic E-state index is 6.51. The van der Waals surface area contributed by atoms with Crippen molar-refractivity contribution < 1.29 is 0 Å². The fourth-order valence-electron chi connectivity index (χ4n) is 5.23. The molecule has 3 fully saturated rings. The normalized spacial score (nSPS) is 42.7. The molecule has 4 atom stereocenters. The van der Waals surface area contributed by atoms with Crippen molar-refractivity contribution in [1.29, 1.82) is 0 Å². The van der Waals surface area contributed by atoms with Crippen LogP contribution in [0, 0.1) is 17.3 Å². The van der Waals surface area contributed by atoms with Crippen LogP contribution in [-0.2, 0) is 0 Å². The average Bonchev–Trinajstić information content (AvgIpc) is 2.96. The molecule has 3 rings (SSSR count). The molecule has 3 aliphatic rings. The van der Waals surface area contributed by atoms with Crippen molar-refractivity contribution in [3.63, 3.8) is 0 Å². The standard InChI is InChI=1S/C19H35N3S/c1-12(21-13-6-8-14(9-7-13)22(4)5)16-17-15(23-18(16)20)10-11-19(17,2)3/h13-18,21H,1,6-11,20H2,2-5H3. The van der Waals surface area contributed by atoms with Gasteiger partial charge in [0.05, 0.1) is 5.37 Å². The molecule has 0 aromatic carbocycles. The van der Waals surface area contributed by atoms with E-state index in [-0.39, 0.29) is 5.37 Å². The molecule has 0 bridgehead atoms. The van der Waals surface area contributed by atoms with E-state index in [1.165, 1.54) is 44.2 Å². The van der Waals surface area contributed by atoms with Gasteiger partial charge in [-0.1, -0.05) is 20.4 Å². The van der Waals surface area contributed by atoms with Gasteiger partial charge in [0.25, 0.3) is 0 Å².